The highest BCUT2D eigenvalue weighted by Crippen LogP contribution is 2.32. The van der Waals surface area contributed by atoms with Crippen LogP contribution in [0.25, 0.3) is 0 Å². The Morgan fingerprint density at radius 3 is 2.38 bits per heavy atom. The lowest BCUT2D eigenvalue weighted by Crippen LogP contribution is -2.14. The molecule has 21 heavy (non-hydrogen) atoms. The first-order valence-corrected chi connectivity index (χ1v) is 8.92. The first kappa shape index (κ1) is 18.5. The van der Waals surface area contributed by atoms with E-state index < -0.39 is 19.9 Å². The molecule has 0 unspecified atom stereocenters. The molecule has 0 atom stereocenters. The van der Waals surface area contributed by atoms with Crippen LogP contribution in [-0.2, 0) is 18.5 Å². The van der Waals surface area contributed by atoms with E-state index in [4.69, 9.17) is 43.4 Å². The maximum Gasteiger partial charge on any atom is 0.338 e. The van der Waals surface area contributed by atoms with Gasteiger partial charge in [-0.1, -0.05) is 23.2 Å². The second-order valence-electron chi connectivity index (χ2n) is 4.26. The summed E-state index contributed by atoms with van der Waals surface area (Å²) in [6.07, 6.45) is 0.0154. The van der Waals surface area contributed by atoms with E-state index in [1.165, 1.54) is 6.07 Å². The summed E-state index contributed by atoms with van der Waals surface area (Å²) in [5.74, 6) is -0.748. The molecule has 0 saturated carbocycles. The van der Waals surface area contributed by atoms with Gasteiger partial charge in [0.25, 0.3) is 9.05 Å². The van der Waals surface area contributed by atoms with Gasteiger partial charge >= 0.3 is 5.97 Å². The van der Waals surface area contributed by atoms with Crippen molar-refractivity contribution >= 4 is 48.9 Å². The monoisotopic (exact) mass is 374 g/mol. The molecule has 1 aromatic carbocycles. The van der Waals surface area contributed by atoms with Crippen molar-refractivity contribution < 1.29 is 22.7 Å². The van der Waals surface area contributed by atoms with Crippen molar-refractivity contribution in [3.63, 3.8) is 0 Å². The molecule has 118 valence electrons. The minimum Gasteiger partial charge on any atom is -0.460 e. The average Bonchev–Trinajstić information content (AvgIpc) is 2.35. The van der Waals surface area contributed by atoms with Gasteiger partial charge in [-0.3, -0.25) is 0 Å². The Bertz CT molecular complexity index is 628. The van der Waals surface area contributed by atoms with E-state index in [-0.39, 0.29) is 34.9 Å². The van der Waals surface area contributed by atoms with Crippen LogP contribution in [-0.4, -0.2) is 33.7 Å². The summed E-state index contributed by atoms with van der Waals surface area (Å²) in [6.45, 7) is 3.95. The zero-order valence-corrected chi connectivity index (χ0v) is 14.3. The van der Waals surface area contributed by atoms with Crippen molar-refractivity contribution in [1.29, 1.82) is 0 Å². The fourth-order valence-electron chi connectivity index (χ4n) is 1.36. The normalized spacial score (nSPS) is 11.7. The standard InChI is InChI=1S/C12H13Cl3O5S/c1-7(2)19-3-4-20-12(16)8-5-9(13)11(14)10(6-8)21(15,17)18/h5-7H,3-4H2,1-2H3. The molecule has 9 heteroatoms. The third kappa shape index (κ3) is 5.64. The van der Waals surface area contributed by atoms with Crippen LogP contribution in [0.5, 0.6) is 0 Å². The van der Waals surface area contributed by atoms with E-state index >= 15 is 0 Å². The Morgan fingerprint density at radius 2 is 1.86 bits per heavy atom. The highest BCUT2D eigenvalue weighted by atomic mass is 35.7. The van der Waals surface area contributed by atoms with Gasteiger partial charge in [0.2, 0.25) is 0 Å². The lowest BCUT2D eigenvalue weighted by Gasteiger charge is -2.10. The molecule has 0 bridgehead atoms. The number of carbonyl (C=O) groups is 1. The van der Waals surface area contributed by atoms with Crippen LogP contribution in [0.15, 0.2) is 17.0 Å². The molecule has 0 heterocycles. The highest BCUT2D eigenvalue weighted by molar-refractivity contribution is 8.13. The van der Waals surface area contributed by atoms with Gasteiger partial charge in [0.15, 0.2) is 0 Å². The average molecular weight is 376 g/mol. The summed E-state index contributed by atoms with van der Waals surface area (Å²) < 4.78 is 32.9. The van der Waals surface area contributed by atoms with Crippen LogP contribution in [0.3, 0.4) is 0 Å². The maximum atomic E-state index is 11.8. The topological polar surface area (TPSA) is 69.7 Å². The Hall–Kier alpha value is -0.530. The molecule has 1 rings (SSSR count). The SMILES string of the molecule is CC(C)OCCOC(=O)c1cc(Cl)c(Cl)c(S(=O)(=O)Cl)c1. The van der Waals surface area contributed by atoms with Gasteiger partial charge in [0.05, 0.1) is 28.3 Å². The van der Waals surface area contributed by atoms with Gasteiger partial charge in [-0.15, -0.1) is 0 Å². The van der Waals surface area contributed by atoms with Gasteiger partial charge in [0.1, 0.15) is 11.5 Å². The van der Waals surface area contributed by atoms with Crippen molar-refractivity contribution in [2.45, 2.75) is 24.8 Å². The zero-order valence-electron chi connectivity index (χ0n) is 11.2. The minimum absolute atomic E-state index is 0.0154. The van der Waals surface area contributed by atoms with E-state index in [9.17, 15) is 13.2 Å². The molecule has 1 aromatic rings. The molecule has 0 aromatic heterocycles. The predicted octanol–water partition coefficient (Wildman–Crippen LogP) is 3.50. The fraction of sp³-hybridized carbons (Fsp3) is 0.417. The van der Waals surface area contributed by atoms with E-state index in [1.54, 1.807) is 0 Å². The Labute approximate surface area is 137 Å². The van der Waals surface area contributed by atoms with Gasteiger partial charge in [-0.05, 0) is 26.0 Å². The molecule has 0 aliphatic carbocycles. The van der Waals surface area contributed by atoms with E-state index in [0.717, 1.165) is 6.07 Å². The van der Waals surface area contributed by atoms with E-state index in [2.05, 4.69) is 0 Å². The highest BCUT2D eigenvalue weighted by Gasteiger charge is 2.21. The number of rotatable bonds is 6. The van der Waals surface area contributed by atoms with Crippen LogP contribution in [0, 0.1) is 0 Å². The molecule has 0 saturated heterocycles. The first-order chi connectivity index (χ1) is 9.62. The summed E-state index contributed by atoms with van der Waals surface area (Å²) in [4.78, 5) is 11.4. The van der Waals surface area contributed by atoms with Gasteiger partial charge < -0.3 is 9.47 Å². The lowest BCUT2D eigenvalue weighted by molar-refractivity contribution is 0.0177. The third-order valence-corrected chi connectivity index (χ3v) is 4.52. The molecule has 5 nitrogen and oxygen atoms in total. The summed E-state index contributed by atoms with van der Waals surface area (Å²) in [5, 5.41) is -0.352. The predicted molar refractivity (Wildman–Crippen MR) is 80.9 cm³/mol. The number of ether oxygens (including phenoxy) is 2. The summed E-state index contributed by atoms with van der Waals surface area (Å²) in [6, 6.07) is 2.23. The summed E-state index contributed by atoms with van der Waals surface area (Å²) in [5.41, 5.74) is -0.0619. The number of carbonyl (C=O) groups excluding carboxylic acids is 1. The quantitative estimate of drug-likeness (QED) is 0.432. The van der Waals surface area contributed by atoms with E-state index in [0.29, 0.717) is 0 Å². The van der Waals surface area contributed by atoms with Crippen molar-refractivity contribution in [1.82, 2.24) is 0 Å². The van der Waals surface area contributed by atoms with E-state index in [1.807, 2.05) is 13.8 Å². The van der Waals surface area contributed by atoms with Crippen LogP contribution < -0.4 is 0 Å². The second kappa shape index (κ2) is 7.65. The van der Waals surface area contributed by atoms with Gasteiger partial charge in [-0.2, -0.15) is 0 Å². The minimum atomic E-state index is -4.13. The van der Waals surface area contributed by atoms with Crippen LogP contribution in [0.1, 0.15) is 24.2 Å². The molecule has 0 fully saturated rings. The zero-order chi connectivity index (χ0) is 16.2. The van der Waals surface area contributed by atoms with Crippen molar-refractivity contribution in [3.05, 3.63) is 27.7 Å². The lowest BCUT2D eigenvalue weighted by atomic mass is 10.2. The fourth-order valence-corrected chi connectivity index (χ4v) is 3.13. The number of halogens is 3. The first-order valence-electron chi connectivity index (χ1n) is 5.85. The van der Waals surface area contributed by atoms with Crippen molar-refractivity contribution in [2.75, 3.05) is 13.2 Å². The summed E-state index contributed by atoms with van der Waals surface area (Å²) >= 11 is 11.5. The van der Waals surface area contributed by atoms with Crippen molar-refractivity contribution in [2.24, 2.45) is 0 Å². The molecule has 0 aliphatic heterocycles. The van der Waals surface area contributed by atoms with Crippen molar-refractivity contribution in [3.8, 4) is 0 Å². The van der Waals surface area contributed by atoms with Crippen LogP contribution in [0.2, 0.25) is 10.0 Å². The molecule has 0 radical (unpaired) electrons. The van der Waals surface area contributed by atoms with Gasteiger partial charge in [0, 0.05) is 10.7 Å². The Balaban J connectivity index is 2.89. The summed E-state index contributed by atoms with van der Waals surface area (Å²) in [7, 11) is 1.11. The molecule has 0 amide bonds. The molecule has 0 spiro atoms. The van der Waals surface area contributed by atoms with Crippen LogP contribution in [0.4, 0.5) is 0 Å². The number of hydrogen-bond acceptors (Lipinski definition) is 5. The van der Waals surface area contributed by atoms with Gasteiger partial charge in [-0.25, -0.2) is 13.2 Å². The Morgan fingerprint density at radius 1 is 1.24 bits per heavy atom. The number of esters is 1. The second-order valence-corrected chi connectivity index (χ2v) is 7.58. The molecular weight excluding hydrogens is 363 g/mol. The number of benzene rings is 1. The number of hydrogen-bond donors (Lipinski definition) is 0. The molecular formula is C12H13Cl3O5S. The largest absolute Gasteiger partial charge is 0.460 e. The van der Waals surface area contributed by atoms with Crippen LogP contribution >= 0.6 is 33.9 Å². The Kier molecular flexibility index (Phi) is 6.74. The maximum absolute atomic E-state index is 11.8. The smallest absolute Gasteiger partial charge is 0.338 e. The molecule has 0 aliphatic rings. The third-order valence-electron chi connectivity index (χ3n) is 2.26. The molecule has 0 N–H and O–H groups in total.